The summed E-state index contributed by atoms with van der Waals surface area (Å²) in [5, 5.41) is 19.6. The maximum Gasteiger partial charge on any atom is 0.230 e. The molecule has 0 spiro atoms. The molecule has 1 aromatic carbocycles. The molecular formula is C19H18Cl2N2O5. The molecule has 9 heteroatoms. The van der Waals surface area contributed by atoms with E-state index in [0.29, 0.717) is 26.9 Å². The Morgan fingerprint density at radius 2 is 1.93 bits per heavy atom. The molecule has 0 aliphatic rings. The highest BCUT2D eigenvalue weighted by atomic mass is 35.5. The van der Waals surface area contributed by atoms with Crippen LogP contribution in [0.5, 0.6) is 11.8 Å². The standard InChI is InChI=1S/C19H18Cl2N2O5/c1-10-6-15(26)17-14(23(10)18-12(20)4-3-5-13(18)21)7-16(27-2)22-19(17)28-9-11(25)8-24/h3-7,11,24-25H,8-9H2,1-2H3. The smallest absolute Gasteiger partial charge is 0.230 e. The maximum absolute atomic E-state index is 12.7. The van der Waals surface area contributed by atoms with Crippen LogP contribution in [0.2, 0.25) is 10.0 Å². The van der Waals surface area contributed by atoms with Crippen LogP contribution in [0.25, 0.3) is 16.6 Å². The van der Waals surface area contributed by atoms with Crippen molar-refractivity contribution in [3.05, 3.63) is 56.3 Å². The molecule has 0 bridgehead atoms. The highest BCUT2D eigenvalue weighted by Crippen LogP contribution is 2.34. The fraction of sp³-hybridized carbons (Fsp3) is 0.263. The van der Waals surface area contributed by atoms with Crippen LogP contribution >= 0.6 is 23.2 Å². The fourth-order valence-corrected chi connectivity index (χ4v) is 3.41. The molecule has 2 aromatic heterocycles. The van der Waals surface area contributed by atoms with E-state index in [9.17, 15) is 9.90 Å². The van der Waals surface area contributed by atoms with Crippen molar-refractivity contribution in [2.45, 2.75) is 13.0 Å². The van der Waals surface area contributed by atoms with Crippen molar-refractivity contribution in [1.29, 1.82) is 0 Å². The monoisotopic (exact) mass is 424 g/mol. The summed E-state index contributed by atoms with van der Waals surface area (Å²) < 4.78 is 12.5. The van der Waals surface area contributed by atoms with Crippen LogP contribution in [0.3, 0.4) is 0 Å². The van der Waals surface area contributed by atoms with Gasteiger partial charge >= 0.3 is 0 Å². The molecular weight excluding hydrogens is 407 g/mol. The number of benzene rings is 1. The summed E-state index contributed by atoms with van der Waals surface area (Å²) in [6.07, 6.45) is -1.12. The molecule has 1 atom stereocenters. The summed E-state index contributed by atoms with van der Waals surface area (Å²) in [6, 6.07) is 8.12. The largest absolute Gasteiger partial charge is 0.481 e. The number of pyridine rings is 2. The molecule has 0 aliphatic heterocycles. The summed E-state index contributed by atoms with van der Waals surface area (Å²) in [4.78, 5) is 16.9. The summed E-state index contributed by atoms with van der Waals surface area (Å²) in [6.45, 7) is 1.02. The molecule has 3 aromatic rings. The Bertz CT molecular complexity index is 1060. The zero-order chi connectivity index (χ0) is 20.4. The number of aliphatic hydroxyl groups excluding tert-OH is 2. The maximum atomic E-state index is 12.7. The molecule has 0 fully saturated rings. The minimum atomic E-state index is -1.12. The van der Waals surface area contributed by atoms with E-state index in [1.165, 1.54) is 13.2 Å². The highest BCUT2D eigenvalue weighted by Gasteiger charge is 2.20. The van der Waals surface area contributed by atoms with E-state index in [1.807, 2.05) is 0 Å². The van der Waals surface area contributed by atoms with Crippen molar-refractivity contribution in [1.82, 2.24) is 9.55 Å². The quantitative estimate of drug-likeness (QED) is 0.631. The summed E-state index contributed by atoms with van der Waals surface area (Å²) in [5.41, 5.74) is 1.21. The lowest BCUT2D eigenvalue weighted by Crippen LogP contribution is -2.22. The zero-order valence-electron chi connectivity index (χ0n) is 15.1. The van der Waals surface area contributed by atoms with Crippen molar-refractivity contribution in [3.63, 3.8) is 0 Å². The van der Waals surface area contributed by atoms with Gasteiger partial charge in [-0.15, -0.1) is 0 Å². The summed E-state index contributed by atoms with van der Waals surface area (Å²) in [7, 11) is 1.43. The van der Waals surface area contributed by atoms with Crippen LogP contribution in [0.4, 0.5) is 0 Å². The van der Waals surface area contributed by atoms with E-state index in [0.717, 1.165) is 0 Å². The molecule has 0 aliphatic carbocycles. The number of aromatic nitrogens is 2. The number of ether oxygens (including phenoxy) is 2. The van der Waals surface area contributed by atoms with Crippen molar-refractivity contribution in [3.8, 4) is 17.4 Å². The molecule has 2 N–H and O–H groups in total. The van der Waals surface area contributed by atoms with E-state index in [2.05, 4.69) is 4.98 Å². The van der Waals surface area contributed by atoms with Gasteiger partial charge in [0.15, 0.2) is 5.43 Å². The van der Waals surface area contributed by atoms with E-state index >= 15 is 0 Å². The Hall–Kier alpha value is -2.32. The predicted octanol–water partition coefficient (Wildman–Crippen LogP) is 2.74. The Labute approximate surface area is 170 Å². The summed E-state index contributed by atoms with van der Waals surface area (Å²) in [5.74, 6) is 0.173. The van der Waals surface area contributed by atoms with Gasteiger partial charge < -0.3 is 24.3 Å². The molecule has 7 nitrogen and oxygen atoms in total. The Kier molecular flexibility index (Phi) is 6.10. The van der Waals surface area contributed by atoms with E-state index < -0.39 is 12.7 Å². The van der Waals surface area contributed by atoms with Crippen LogP contribution in [0.15, 0.2) is 35.1 Å². The third-order valence-electron chi connectivity index (χ3n) is 4.12. The predicted molar refractivity (Wildman–Crippen MR) is 107 cm³/mol. The molecule has 3 rings (SSSR count). The number of aliphatic hydroxyl groups is 2. The second-order valence-electron chi connectivity index (χ2n) is 6.07. The number of hydrogen-bond donors (Lipinski definition) is 2. The van der Waals surface area contributed by atoms with E-state index in [-0.39, 0.29) is 29.2 Å². The lowest BCUT2D eigenvalue weighted by molar-refractivity contribution is 0.0525. The molecule has 148 valence electrons. The molecule has 2 heterocycles. The Balaban J connectivity index is 2.36. The first-order valence-electron chi connectivity index (χ1n) is 8.34. The number of fused-ring (bicyclic) bond motifs is 1. The van der Waals surface area contributed by atoms with Gasteiger partial charge in [0.25, 0.3) is 0 Å². The van der Waals surface area contributed by atoms with Gasteiger partial charge in [-0.25, -0.2) is 0 Å². The topological polar surface area (TPSA) is 93.8 Å². The average Bonchev–Trinajstić information content (AvgIpc) is 2.67. The van der Waals surface area contributed by atoms with Crippen LogP contribution < -0.4 is 14.9 Å². The minimum Gasteiger partial charge on any atom is -0.481 e. The number of rotatable bonds is 6. The lowest BCUT2D eigenvalue weighted by atomic mass is 10.2. The number of methoxy groups -OCH3 is 1. The minimum absolute atomic E-state index is 0.0243. The van der Waals surface area contributed by atoms with Crippen LogP contribution in [-0.4, -0.2) is 46.2 Å². The molecule has 0 radical (unpaired) electrons. The third-order valence-corrected chi connectivity index (χ3v) is 4.73. The SMILES string of the molecule is COc1cc2c(c(OCC(O)CO)n1)c(=O)cc(C)n2-c1c(Cl)cccc1Cl. The van der Waals surface area contributed by atoms with Crippen LogP contribution in [0.1, 0.15) is 5.69 Å². The average molecular weight is 425 g/mol. The number of hydrogen-bond acceptors (Lipinski definition) is 6. The van der Waals surface area contributed by atoms with Gasteiger partial charge in [0, 0.05) is 17.8 Å². The molecule has 28 heavy (non-hydrogen) atoms. The fourth-order valence-electron chi connectivity index (χ4n) is 2.85. The van der Waals surface area contributed by atoms with Crippen LogP contribution in [-0.2, 0) is 0 Å². The van der Waals surface area contributed by atoms with Gasteiger partial charge in [0.05, 0.1) is 35.0 Å². The van der Waals surface area contributed by atoms with Gasteiger partial charge in [-0.05, 0) is 19.1 Å². The van der Waals surface area contributed by atoms with E-state index in [1.54, 1.807) is 35.8 Å². The van der Waals surface area contributed by atoms with Gasteiger partial charge in [0.1, 0.15) is 18.1 Å². The van der Waals surface area contributed by atoms with E-state index in [4.69, 9.17) is 37.8 Å². The first-order chi connectivity index (χ1) is 13.4. The third kappa shape index (κ3) is 3.79. The lowest BCUT2D eigenvalue weighted by Gasteiger charge is -2.19. The van der Waals surface area contributed by atoms with Crippen molar-refractivity contribution < 1.29 is 19.7 Å². The molecule has 0 saturated heterocycles. The number of para-hydroxylation sites is 1. The molecule has 0 saturated carbocycles. The van der Waals surface area contributed by atoms with Crippen molar-refractivity contribution in [2.24, 2.45) is 0 Å². The molecule has 0 amide bonds. The van der Waals surface area contributed by atoms with Gasteiger partial charge in [-0.2, -0.15) is 4.98 Å². The number of nitrogens with zero attached hydrogens (tertiary/aromatic N) is 2. The first-order valence-corrected chi connectivity index (χ1v) is 9.10. The first kappa shape index (κ1) is 20.4. The second kappa shape index (κ2) is 8.36. The summed E-state index contributed by atoms with van der Waals surface area (Å²) >= 11 is 12.8. The zero-order valence-corrected chi connectivity index (χ0v) is 16.7. The number of aryl methyl sites for hydroxylation is 1. The Morgan fingerprint density at radius 1 is 1.25 bits per heavy atom. The van der Waals surface area contributed by atoms with Crippen molar-refractivity contribution >= 4 is 34.1 Å². The van der Waals surface area contributed by atoms with Crippen molar-refractivity contribution in [2.75, 3.05) is 20.3 Å². The normalized spacial score (nSPS) is 12.2. The highest BCUT2D eigenvalue weighted by molar-refractivity contribution is 6.37. The van der Waals surface area contributed by atoms with Gasteiger partial charge in [-0.3, -0.25) is 4.79 Å². The number of halogens is 2. The van der Waals surface area contributed by atoms with Crippen LogP contribution in [0, 0.1) is 6.92 Å². The Morgan fingerprint density at radius 3 is 2.54 bits per heavy atom. The molecule has 1 unspecified atom stereocenters. The van der Waals surface area contributed by atoms with Gasteiger partial charge in [-0.1, -0.05) is 29.3 Å². The second-order valence-corrected chi connectivity index (χ2v) is 6.88. The van der Waals surface area contributed by atoms with Gasteiger partial charge in [0.2, 0.25) is 11.8 Å².